The second-order valence-corrected chi connectivity index (χ2v) is 6.00. The summed E-state index contributed by atoms with van der Waals surface area (Å²) in [6, 6.07) is 14.9. The van der Waals surface area contributed by atoms with E-state index >= 15 is 0 Å². The van der Waals surface area contributed by atoms with E-state index in [1.807, 2.05) is 36.4 Å². The van der Waals surface area contributed by atoms with Crippen LogP contribution in [0.2, 0.25) is 0 Å². The average molecular weight is 343 g/mol. The van der Waals surface area contributed by atoms with Gasteiger partial charge in [-0.3, -0.25) is 4.79 Å². The molecule has 0 bridgehead atoms. The van der Waals surface area contributed by atoms with Crippen molar-refractivity contribution >= 4 is 5.91 Å². The van der Waals surface area contributed by atoms with Gasteiger partial charge in [0.2, 0.25) is 0 Å². The van der Waals surface area contributed by atoms with Crippen LogP contribution in [0.15, 0.2) is 48.5 Å². The van der Waals surface area contributed by atoms with Crippen LogP contribution in [0.1, 0.15) is 25.5 Å². The molecule has 25 heavy (non-hydrogen) atoms. The highest BCUT2D eigenvalue weighted by atomic mass is 16.5. The van der Waals surface area contributed by atoms with E-state index in [0.717, 1.165) is 11.3 Å². The van der Waals surface area contributed by atoms with Crippen molar-refractivity contribution in [2.24, 2.45) is 5.92 Å². The van der Waals surface area contributed by atoms with E-state index in [9.17, 15) is 4.79 Å². The fraction of sp³-hybridized carbons (Fsp3) is 0.350. The lowest BCUT2D eigenvalue weighted by Crippen LogP contribution is -2.35. The SMILES string of the molecule is COc1ccc([C@H](NC(=O)COc2ccccc2OC)C(C)C)cc1. The minimum atomic E-state index is -0.180. The van der Waals surface area contributed by atoms with Gasteiger partial charge in [-0.1, -0.05) is 38.1 Å². The summed E-state index contributed by atoms with van der Waals surface area (Å²) in [5.74, 6) is 2.00. The zero-order chi connectivity index (χ0) is 18.2. The molecule has 0 unspecified atom stereocenters. The summed E-state index contributed by atoms with van der Waals surface area (Å²) < 4.78 is 16.0. The summed E-state index contributed by atoms with van der Waals surface area (Å²) >= 11 is 0. The fourth-order valence-corrected chi connectivity index (χ4v) is 2.54. The van der Waals surface area contributed by atoms with Gasteiger partial charge in [0.1, 0.15) is 5.75 Å². The molecule has 2 aromatic carbocycles. The molecule has 2 aromatic rings. The molecule has 0 saturated heterocycles. The smallest absolute Gasteiger partial charge is 0.258 e. The molecule has 2 rings (SSSR count). The first-order valence-electron chi connectivity index (χ1n) is 8.24. The summed E-state index contributed by atoms with van der Waals surface area (Å²) in [5.41, 5.74) is 1.03. The van der Waals surface area contributed by atoms with Crippen LogP contribution >= 0.6 is 0 Å². The number of methoxy groups -OCH3 is 2. The Morgan fingerprint density at radius 2 is 1.60 bits per heavy atom. The molecule has 0 aliphatic carbocycles. The van der Waals surface area contributed by atoms with E-state index in [1.165, 1.54) is 0 Å². The molecule has 1 atom stereocenters. The van der Waals surface area contributed by atoms with Gasteiger partial charge in [-0.2, -0.15) is 0 Å². The first-order chi connectivity index (χ1) is 12.0. The number of carbonyl (C=O) groups is 1. The van der Waals surface area contributed by atoms with Gasteiger partial charge in [0.25, 0.3) is 5.91 Å². The zero-order valence-corrected chi connectivity index (χ0v) is 15.1. The Labute approximate surface area is 148 Å². The van der Waals surface area contributed by atoms with Crippen molar-refractivity contribution in [1.29, 1.82) is 0 Å². The van der Waals surface area contributed by atoms with Crippen LogP contribution in [0.25, 0.3) is 0 Å². The Bertz CT molecular complexity index is 682. The number of hydrogen-bond donors (Lipinski definition) is 1. The lowest BCUT2D eigenvalue weighted by atomic mass is 9.96. The Morgan fingerprint density at radius 3 is 2.16 bits per heavy atom. The van der Waals surface area contributed by atoms with Gasteiger partial charge in [0, 0.05) is 0 Å². The molecular formula is C20H25NO4. The van der Waals surface area contributed by atoms with E-state index in [1.54, 1.807) is 26.4 Å². The Morgan fingerprint density at radius 1 is 0.960 bits per heavy atom. The van der Waals surface area contributed by atoms with Crippen LogP contribution in [0.5, 0.6) is 17.2 Å². The summed E-state index contributed by atoms with van der Waals surface area (Å²) in [6.07, 6.45) is 0. The standard InChI is InChI=1S/C20H25NO4/c1-14(2)20(15-9-11-16(23-3)12-10-15)21-19(22)13-25-18-8-6-5-7-17(18)24-4/h5-12,14,20H,13H2,1-4H3,(H,21,22)/t20-/m1/s1. The van der Waals surface area contributed by atoms with Gasteiger partial charge in [-0.15, -0.1) is 0 Å². The van der Waals surface area contributed by atoms with E-state index in [0.29, 0.717) is 11.5 Å². The van der Waals surface area contributed by atoms with Crippen LogP contribution < -0.4 is 19.5 Å². The van der Waals surface area contributed by atoms with Gasteiger partial charge in [0.05, 0.1) is 20.3 Å². The minimum Gasteiger partial charge on any atom is -0.497 e. The third-order valence-electron chi connectivity index (χ3n) is 3.89. The van der Waals surface area contributed by atoms with Crippen LogP contribution in [-0.2, 0) is 4.79 Å². The van der Waals surface area contributed by atoms with Crippen molar-refractivity contribution < 1.29 is 19.0 Å². The molecule has 1 N–H and O–H groups in total. The summed E-state index contributed by atoms with van der Waals surface area (Å²) in [5, 5.41) is 3.03. The van der Waals surface area contributed by atoms with E-state index in [-0.39, 0.29) is 24.5 Å². The van der Waals surface area contributed by atoms with Gasteiger partial charge in [-0.05, 0) is 35.7 Å². The van der Waals surface area contributed by atoms with Crippen LogP contribution in [0.4, 0.5) is 0 Å². The molecule has 0 aliphatic heterocycles. The lowest BCUT2D eigenvalue weighted by molar-refractivity contribution is -0.124. The van der Waals surface area contributed by atoms with Crippen LogP contribution in [-0.4, -0.2) is 26.7 Å². The van der Waals surface area contributed by atoms with Crippen LogP contribution in [0, 0.1) is 5.92 Å². The molecule has 0 aliphatic rings. The van der Waals surface area contributed by atoms with Gasteiger partial charge >= 0.3 is 0 Å². The molecule has 134 valence electrons. The number of benzene rings is 2. The number of hydrogen-bond acceptors (Lipinski definition) is 4. The number of carbonyl (C=O) groups excluding carboxylic acids is 1. The highest BCUT2D eigenvalue weighted by molar-refractivity contribution is 5.78. The third-order valence-corrected chi connectivity index (χ3v) is 3.89. The molecular weight excluding hydrogens is 318 g/mol. The highest BCUT2D eigenvalue weighted by Gasteiger charge is 2.19. The fourth-order valence-electron chi connectivity index (χ4n) is 2.54. The number of amides is 1. The lowest BCUT2D eigenvalue weighted by Gasteiger charge is -2.23. The topological polar surface area (TPSA) is 56.8 Å². The Balaban J connectivity index is 2.00. The van der Waals surface area contributed by atoms with E-state index < -0.39 is 0 Å². The van der Waals surface area contributed by atoms with Crippen molar-refractivity contribution in [3.8, 4) is 17.2 Å². The second-order valence-electron chi connectivity index (χ2n) is 6.00. The largest absolute Gasteiger partial charge is 0.497 e. The first-order valence-corrected chi connectivity index (χ1v) is 8.24. The molecule has 0 spiro atoms. The quantitative estimate of drug-likeness (QED) is 0.796. The van der Waals surface area contributed by atoms with E-state index in [2.05, 4.69) is 19.2 Å². The number of ether oxygens (including phenoxy) is 3. The van der Waals surface area contributed by atoms with Gasteiger partial charge in [0.15, 0.2) is 18.1 Å². The summed E-state index contributed by atoms with van der Waals surface area (Å²) in [4.78, 5) is 12.3. The van der Waals surface area contributed by atoms with Crippen molar-refractivity contribution in [2.45, 2.75) is 19.9 Å². The molecule has 1 amide bonds. The molecule has 0 radical (unpaired) electrons. The van der Waals surface area contributed by atoms with E-state index in [4.69, 9.17) is 14.2 Å². The number of para-hydroxylation sites is 2. The summed E-state index contributed by atoms with van der Waals surface area (Å²) in [7, 11) is 3.20. The first kappa shape index (κ1) is 18.6. The molecule has 0 aromatic heterocycles. The van der Waals surface area contributed by atoms with Crippen molar-refractivity contribution in [1.82, 2.24) is 5.32 Å². The number of nitrogens with one attached hydrogen (secondary N) is 1. The second kappa shape index (κ2) is 8.97. The highest BCUT2D eigenvalue weighted by Crippen LogP contribution is 2.26. The Hall–Kier alpha value is -2.69. The third kappa shape index (κ3) is 5.14. The molecule has 0 saturated carbocycles. The average Bonchev–Trinajstić information content (AvgIpc) is 2.64. The minimum absolute atomic E-state index is 0.0697. The maximum Gasteiger partial charge on any atom is 0.258 e. The van der Waals surface area contributed by atoms with Gasteiger partial charge in [-0.25, -0.2) is 0 Å². The maximum absolute atomic E-state index is 12.3. The van der Waals surface area contributed by atoms with Crippen molar-refractivity contribution in [3.63, 3.8) is 0 Å². The predicted octanol–water partition coefficient (Wildman–Crippen LogP) is 3.60. The maximum atomic E-state index is 12.3. The number of rotatable bonds is 8. The predicted molar refractivity (Wildman–Crippen MR) is 97.2 cm³/mol. The normalized spacial score (nSPS) is 11.7. The van der Waals surface area contributed by atoms with Gasteiger partial charge < -0.3 is 19.5 Å². The van der Waals surface area contributed by atoms with Crippen molar-refractivity contribution in [2.75, 3.05) is 20.8 Å². The monoisotopic (exact) mass is 343 g/mol. The molecule has 5 heteroatoms. The summed E-state index contributed by atoms with van der Waals surface area (Å²) in [6.45, 7) is 4.06. The van der Waals surface area contributed by atoms with Crippen LogP contribution in [0.3, 0.4) is 0 Å². The zero-order valence-electron chi connectivity index (χ0n) is 15.1. The Kier molecular flexibility index (Phi) is 6.69. The molecule has 0 heterocycles. The van der Waals surface area contributed by atoms with Crippen molar-refractivity contribution in [3.05, 3.63) is 54.1 Å². The molecule has 5 nitrogen and oxygen atoms in total. The molecule has 0 fully saturated rings.